The SMILES string of the molecule is COc1ccc(C2(C(C)CCN)S(=O)(=O)CCCS2(=O)=O)cc1OC. The number of sulfone groups is 2. The topological polar surface area (TPSA) is 113 Å². The Balaban J connectivity index is 2.86. The van der Waals surface area contributed by atoms with Crippen LogP contribution in [0.1, 0.15) is 25.3 Å². The Kier molecular flexibility index (Phi) is 5.70. The molecule has 1 unspecified atom stereocenters. The van der Waals surface area contributed by atoms with Crippen LogP contribution in [0.25, 0.3) is 0 Å². The summed E-state index contributed by atoms with van der Waals surface area (Å²) in [6, 6.07) is 4.48. The number of ether oxygens (including phenoxy) is 2. The van der Waals surface area contributed by atoms with Gasteiger partial charge >= 0.3 is 0 Å². The fourth-order valence-electron chi connectivity index (χ4n) is 3.69. The van der Waals surface area contributed by atoms with Gasteiger partial charge in [-0.2, -0.15) is 0 Å². The largest absolute Gasteiger partial charge is 0.493 e. The standard InChI is InChI=1S/C16H25NO6S2/c1-12(7-8-17)16(24(18,19)9-4-10-25(16,20)21)13-5-6-14(22-2)15(11-13)23-3/h5-6,11-12H,4,7-10,17H2,1-3H3. The first kappa shape index (κ1) is 20.0. The molecular formula is C16H25NO6S2. The molecule has 142 valence electrons. The highest BCUT2D eigenvalue weighted by Gasteiger charge is 2.60. The molecule has 0 saturated carbocycles. The molecule has 2 rings (SSSR count). The van der Waals surface area contributed by atoms with Crippen molar-refractivity contribution in [2.24, 2.45) is 11.7 Å². The van der Waals surface area contributed by atoms with Gasteiger partial charge < -0.3 is 15.2 Å². The summed E-state index contributed by atoms with van der Waals surface area (Å²) >= 11 is 0. The van der Waals surface area contributed by atoms with Crippen LogP contribution in [0.3, 0.4) is 0 Å². The second-order valence-electron chi connectivity index (χ2n) is 6.21. The minimum Gasteiger partial charge on any atom is -0.493 e. The van der Waals surface area contributed by atoms with Gasteiger partial charge in [0.25, 0.3) is 0 Å². The van der Waals surface area contributed by atoms with Crippen LogP contribution in [-0.4, -0.2) is 49.1 Å². The fraction of sp³-hybridized carbons (Fsp3) is 0.625. The highest BCUT2D eigenvalue weighted by atomic mass is 32.3. The van der Waals surface area contributed by atoms with Gasteiger partial charge in [0.2, 0.25) is 4.08 Å². The zero-order chi connectivity index (χ0) is 18.9. The zero-order valence-electron chi connectivity index (χ0n) is 14.7. The van der Waals surface area contributed by atoms with Crippen molar-refractivity contribution in [2.45, 2.75) is 23.8 Å². The molecule has 1 aliphatic rings. The Morgan fingerprint density at radius 2 is 1.64 bits per heavy atom. The van der Waals surface area contributed by atoms with E-state index in [1.165, 1.54) is 32.4 Å². The lowest BCUT2D eigenvalue weighted by atomic mass is 9.96. The van der Waals surface area contributed by atoms with E-state index in [-0.39, 0.29) is 42.2 Å². The zero-order valence-corrected chi connectivity index (χ0v) is 16.3. The molecule has 0 aliphatic carbocycles. The van der Waals surface area contributed by atoms with Gasteiger partial charge in [0, 0.05) is 0 Å². The molecule has 1 saturated heterocycles. The Morgan fingerprint density at radius 3 is 2.12 bits per heavy atom. The molecule has 1 aromatic carbocycles. The maximum absolute atomic E-state index is 13.1. The average Bonchev–Trinajstić information content (AvgIpc) is 2.53. The first-order valence-corrected chi connectivity index (χ1v) is 11.4. The smallest absolute Gasteiger partial charge is 0.200 e. The summed E-state index contributed by atoms with van der Waals surface area (Å²) < 4.78 is 60.8. The maximum Gasteiger partial charge on any atom is 0.200 e. The van der Waals surface area contributed by atoms with Gasteiger partial charge in [-0.25, -0.2) is 16.8 Å². The number of nitrogens with two attached hydrogens (primary N) is 1. The summed E-state index contributed by atoms with van der Waals surface area (Å²) in [5.74, 6) is -0.343. The summed E-state index contributed by atoms with van der Waals surface area (Å²) in [4.78, 5) is 0. The van der Waals surface area contributed by atoms with Gasteiger partial charge in [0.1, 0.15) is 0 Å². The molecule has 0 radical (unpaired) electrons. The molecule has 1 aliphatic heterocycles. The lowest BCUT2D eigenvalue weighted by Gasteiger charge is -2.41. The summed E-state index contributed by atoms with van der Waals surface area (Å²) in [6.45, 7) is 1.82. The van der Waals surface area contributed by atoms with E-state index in [1.807, 2.05) is 0 Å². The van der Waals surface area contributed by atoms with E-state index < -0.39 is 29.7 Å². The molecule has 1 fully saturated rings. The highest BCUT2D eigenvalue weighted by Crippen LogP contribution is 2.49. The van der Waals surface area contributed by atoms with E-state index in [2.05, 4.69) is 0 Å². The van der Waals surface area contributed by atoms with Crippen LogP contribution in [0, 0.1) is 5.92 Å². The predicted molar refractivity (Wildman–Crippen MR) is 96.3 cm³/mol. The fourth-order valence-corrected chi connectivity index (χ4v) is 10.0. The molecular weight excluding hydrogens is 366 g/mol. The van der Waals surface area contributed by atoms with Crippen LogP contribution < -0.4 is 15.2 Å². The van der Waals surface area contributed by atoms with Crippen molar-refractivity contribution in [1.82, 2.24) is 0 Å². The van der Waals surface area contributed by atoms with E-state index in [0.717, 1.165) is 0 Å². The molecule has 25 heavy (non-hydrogen) atoms. The molecule has 1 aromatic rings. The van der Waals surface area contributed by atoms with Gasteiger partial charge in [0.05, 0.1) is 25.7 Å². The van der Waals surface area contributed by atoms with E-state index in [0.29, 0.717) is 5.75 Å². The number of hydrogen-bond donors (Lipinski definition) is 1. The second kappa shape index (κ2) is 7.13. The normalized spacial score (nSPS) is 22.1. The number of methoxy groups -OCH3 is 2. The van der Waals surface area contributed by atoms with Crippen molar-refractivity contribution >= 4 is 19.7 Å². The van der Waals surface area contributed by atoms with Crippen molar-refractivity contribution in [3.8, 4) is 11.5 Å². The summed E-state index contributed by atoms with van der Waals surface area (Å²) in [6.07, 6.45) is 0.377. The molecule has 1 heterocycles. The lowest BCUT2D eigenvalue weighted by Crippen LogP contribution is -2.54. The third-order valence-electron chi connectivity index (χ3n) is 4.78. The monoisotopic (exact) mass is 391 g/mol. The predicted octanol–water partition coefficient (Wildman–Crippen LogP) is 1.07. The van der Waals surface area contributed by atoms with Crippen LogP contribution in [0.15, 0.2) is 18.2 Å². The van der Waals surface area contributed by atoms with E-state index in [9.17, 15) is 16.8 Å². The third-order valence-corrected chi connectivity index (χ3v) is 11.1. The molecule has 2 N–H and O–H groups in total. The number of benzene rings is 1. The molecule has 1 atom stereocenters. The van der Waals surface area contributed by atoms with Gasteiger partial charge in [-0.15, -0.1) is 0 Å². The Morgan fingerprint density at radius 1 is 1.08 bits per heavy atom. The van der Waals surface area contributed by atoms with Gasteiger partial charge in [-0.3, -0.25) is 0 Å². The Labute approximate surface area is 149 Å². The highest BCUT2D eigenvalue weighted by molar-refractivity contribution is 8.10. The van der Waals surface area contributed by atoms with Crippen LogP contribution in [0.2, 0.25) is 0 Å². The molecule has 0 amide bonds. The molecule has 0 bridgehead atoms. The van der Waals surface area contributed by atoms with Crippen LogP contribution in [0.5, 0.6) is 11.5 Å². The maximum atomic E-state index is 13.1. The summed E-state index contributed by atoms with van der Waals surface area (Å²) in [5, 5.41) is 0. The Bertz CT molecular complexity index is 798. The van der Waals surface area contributed by atoms with Crippen molar-refractivity contribution in [1.29, 1.82) is 0 Å². The van der Waals surface area contributed by atoms with Crippen molar-refractivity contribution in [2.75, 3.05) is 32.3 Å². The van der Waals surface area contributed by atoms with E-state index in [4.69, 9.17) is 15.2 Å². The van der Waals surface area contributed by atoms with E-state index >= 15 is 0 Å². The summed E-state index contributed by atoms with van der Waals surface area (Å²) in [7, 11) is -5.03. The molecule has 7 nitrogen and oxygen atoms in total. The number of hydrogen-bond acceptors (Lipinski definition) is 7. The second-order valence-corrected chi connectivity index (χ2v) is 11.0. The van der Waals surface area contributed by atoms with E-state index in [1.54, 1.807) is 6.92 Å². The van der Waals surface area contributed by atoms with Gasteiger partial charge in [-0.1, -0.05) is 13.0 Å². The Hall–Kier alpha value is -1.32. The van der Waals surface area contributed by atoms with Crippen molar-refractivity contribution in [3.63, 3.8) is 0 Å². The molecule has 0 spiro atoms. The van der Waals surface area contributed by atoms with Crippen molar-refractivity contribution in [3.05, 3.63) is 23.8 Å². The lowest BCUT2D eigenvalue weighted by molar-refractivity contribution is 0.353. The van der Waals surface area contributed by atoms with Crippen LogP contribution >= 0.6 is 0 Å². The minimum atomic E-state index is -3.95. The van der Waals surface area contributed by atoms with Gasteiger partial charge in [0.15, 0.2) is 31.2 Å². The van der Waals surface area contributed by atoms with Crippen molar-refractivity contribution < 1.29 is 26.3 Å². The van der Waals surface area contributed by atoms with Crippen LogP contribution in [-0.2, 0) is 23.8 Å². The first-order valence-electron chi connectivity index (χ1n) is 8.05. The number of rotatable bonds is 6. The quantitative estimate of drug-likeness (QED) is 0.772. The molecule has 0 aromatic heterocycles. The minimum absolute atomic E-state index is 0.106. The molecule has 9 heteroatoms. The van der Waals surface area contributed by atoms with Crippen LogP contribution in [0.4, 0.5) is 0 Å². The first-order chi connectivity index (χ1) is 11.7. The average molecular weight is 392 g/mol. The third kappa shape index (κ3) is 3.02. The van der Waals surface area contributed by atoms with Gasteiger partial charge in [-0.05, 0) is 43.0 Å². The summed E-state index contributed by atoms with van der Waals surface area (Å²) in [5.41, 5.74) is 5.80.